The summed E-state index contributed by atoms with van der Waals surface area (Å²) in [7, 11) is 0. The van der Waals surface area contributed by atoms with E-state index in [1.807, 2.05) is 0 Å². The van der Waals surface area contributed by atoms with Gasteiger partial charge in [-0.2, -0.15) is 0 Å². The molecule has 1 aromatic rings. The lowest BCUT2D eigenvalue weighted by Crippen LogP contribution is -2.37. The summed E-state index contributed by atoms with van der Waals surface area (Å²) in [6.45, 7) is 14.7. The molecule has 118 valence electrons. The van der Waals surface area contributed by atoms with Gasteiger partial charge < -0.3 is 10.1 Å². The summed E-state index contributed by atoms with van der Waals surface area (Å²) in [5.41, 5.74) is 4.95. The first-order valence-electron chi connectivity index (χ1n) is 8.06. The summed E-state index contributed by atoms with van der Waals surface area (Å²) in [4.78, 5) is 7.08. The average molecular weight is 291 g/mol. The zero-order chi connectivity index (χ0) is 15.2. The molecule has 1 atom stereocenters. The largest absolute Gasteiger partial charge is 0.379 e. The van der Waals surface area contributed by atoms with Gasteiger partial charge in [0.15, 0.2) is 0 Å². The molecular weight excluding hydrogens is 262 g/mol. The summed E-state index contributed by atoms with van der Waals surface area (Å²) in [5.74, 6) is 0. The number of morpholine rings is 1. The Labute approximate surface area is 128 Å². The van der Waals surface area contributed by atoms with E-state index in [0.717, 1.165) is 50.8 Å². The van der Waals surface area contributed by atoms with Crippen molar-refractivity contribution in [1.82, 2.24) is 15.2 Å². The van der Waals surface area contributed by atoms with Crippen molar-refractivity contribution in [3.05, 3.63) is 28.6 Å². The lowest BCUT2D eigenvalue weighted by Gasteiger charge is -2.27. The molecule has 1 aromatic heterocycles. The summed E-state index contributed by atoms with van der Waals surface area (Å²) < 4.78 is 5.37. The first-order valence-corrected chi connectivity index (χ1v) is 8.06. The highest BCUT2D eigenvalue weighted by atomic mass is 16.5. The van der Waals surface area contributed by atoms with Crippen LogP contribution in [-0.4, -0.2) is 49.3 Å². The highest BCUT2D eigenvalue weighted by Crippen LogP contribution is 2.21. The van der Waals surface area contributed by atoms with Crippen LogP contribution >= 0.6 is 0 Å². The number of pyridine rings is 1. The molecule has 2 rings (SSSR count). The molecule has 1 N–H and O–H groups in total. The van der Waals surface area contributed by atoms with E-state index in [1.54, 1.807) is 0 Å². The second-order valence-corrected chi connectivity index (χ2v) is 6.06. The molecule has 1 aliphatic rings. The number of hydrogen-bond acceptors (Lipinski definition) is 4. The fraction of sp³-hybridized carbons (Fsp3) is 0.706. The Kier molecular flexibility index (Phi) is 6.15. The Hall–Kier alpha value is -0.970. The maximum absolute atomic E-state index is 5.37. The summed E-state index contributed by atoms with van der Waals surface area (Å²) in [5, 5.41) is 3.64. The molecule has 0 aromatic carbocycles. The minimum atomic E-state index is 0.364. The van der Waals surface area contributed by atoms with E-state index in [9.17, 15) is 0 Å². The van der Waals surface area contributed by atoms with Crippen LogP contribution in [0.1, 0.15) is 41.9 Å². The van der Waals surface area contributed by atoms with Crippen molar-refractivity contribution in [1.29, 1.82) is 0 Å². The molecule has 0 amide bonds. The fourth-order valence-corrected chi connectivity index (χ4v) is 3.24. The standard InChI is InChI=1S/C17H29N3O/c1-13-12-14(2)19-16(4)17(13)15(3)18-6-5-7-20-8-10-21-11-9-20/h12,15,18H,5-11H2,1-4H3. The maximum atomic E-state index is 5.37. The van der Waals surface area contributed by atoms with Crippen molar-refractivity contribution in [2.24, 2.45) is 0 Å². The Balaban J connectivity index is 1.78. The Morgan fingerprint density at radius 2 is 2.00 bits per heavy atom. The van der Waals surface area contributed by atoms with Crippen LogP contribution in [0.5, 0.6) is 0 Å². The van der Waals surface area contributed by atoms with E-state index >= 15 is 0 Å². The number of rotatable bonds is 6. The zero-order valence-corrected chi connectivity index (χ0v) is 13.9. The van der Waals surface area contributed by atoms with Gasteiger partial charge >= 0.3 is 0 Å². The molecule has 4 heteroatoms. The van der Waals surface area contributed by atoms with Crippen LogP contribution in [0.4, 0.5) is 0 Å². The average Bonchev–Trinajstić information content (AvgIpc) is 2.43. The Bertz CT molecular complexity index is 432. The normalized spacial score (nSPS) is 17.9. The number of ether oxygens (including phenoxy) is 1. The maximum Gasteiger partial charge on any atom is 0.0594 e. The van der Waals surface area contributed by atoms with E-state index in [-0.39, 0.29) is 0 Å². The van der Waals surface area contributed by atoms with Gasteiger partial charge in [0.25, 0.3) is 0 Å². The minimum absolute atomic E-state index is 0.364. The SMILES string of the molecule is Cc1cc(C)c(C(C)NCCCN2CCOCC2)c(C)n1. The second kappa shape index (κ2) is 7.87. The molecule has 2 heterocycles. The molecule has 0 saturated carbocycles. The Morgan fingerprint density at radius 1 is 1.29 bits per heavy atom. The quantitative estimate of drug-likeness (QED) is 0.817. The van der Waals surface area contributed by atoms with E-state index in [2.05, 4.69) is 49.0 Å². The van der Waals surface area contributed by atoms with Gasteiger partial charge in [-0.05, 0) is 64.4 Å². The topological polar surface area (TPSA) is 37.4 Å². The monoisotopic (exact) mass is 291 g/mol. The molecule has 21 heavy (non-hydrogen) atoms. The summed E-state index contributed by atoms with van der Waals surface area (Å²) >= 11 is 0. The van der Waals surface area contributed by atoms with E-state index in [4.69, 9.17) is 4.74 Å². The lowest BCUT2D eigenvalue weighted by atomic mass is 10.0. The van der Waals surface area contributed by atoms with Crippen molar-refractivity contribution < 1.29 is 4.74 Å². The van der Waals surface area contributed by atoms with Crippen molar-refractivity contribution in [2.75, 3.05) is 39.4 Å². The van der Waals surface area contributed by atoms with Crippen molar-refractivity contribution >= 4 is 0 Å². The second-order valence-electron chi connectivity index (χ2n) is 6.06. The van der Waals surface area contributed by atoms with Gasteiger partial charge in [-0.1, -0.05) is 0 Å². The van der Waals surface area contributed by atoms with Gasteiger partial charge in [0, 0.05) is 30.5 Å². The van der Waals surface area contributed by atoms with Crippen molar-refractivity contribution in [2.45, 2.75) is 40.2 Å². The third kappa shape index (κ3) is 4.77. The molecule has 0 spiro atoms. The van der Waals surface area contributed by atoms with Gasteiger partial charge in [-0.15, -0.1) is 0 Å². The predicted octanol–water partition coefficient (Wildman–Crippen LogP) is 2.38. The molecule has 0 aliphatic carbocycles. The van der Waals surface area contributed by atoms with Crippen LogP contribution < -0.4 is 5.32 Å². The minimum Gasteiger partial charge on any atom is -0.379 e. The number of nitrogens with one attached hydrogen (secondary N) is 1. The van der Waals surface area contributed by atoms with Gasteiger partial charge in [0.05, 0.1) is 13.2 Å². The predicted molar refractivity (Wildman–Crippen MR) is 86.7 cm³/mol. The van der Waals surface area contributed by atoms with Crippen LogP contribution in [0.25, 0.3) is 0 Å². The fourth-order valence-electron chi connectivity index (χ4n) is 3.24. The molecule has 1 fully saturated rings. The molecule has 1 aliphatic heterocycles. The zero-order valence-electron chi connectivity index (χ0n) is 13.9. The van der Waals surface area contributed by atoms with E-state index in [1.165, 1.54) is 17.5 Å². The third-order valence-corrected chi connectivity index (χ3v) is 4.22. The molecule has 4 nitrogen and oxygen atoms in total. The number of hydrogen-bond donors (Lipinski definition) is 1. The number of aromatic nitrogens is 1. The summed E-state index contributed by atoms with van der Waals surface area (Å²) in [6.07, 6.45) is 1.18. The molecular formula is C17H29N3O. The van der Waals surface area contributed by atoms with Crippen LogP contribution in [0, 0.1) is 20.8 Å². The van der Waals surface area contributed by atoms with E-state index < -0.39 is 0 Å². The first kappa shape index (κ1) is 16.4. The Morgan fingerprint density at radius 3 is 2.67 bits per heavy atom. The van der Waals surface area contributed by atoms with Gasteiger partial charge in [0.1, 0.15) is 0 Å². The highest BCUT2D eigenvalue weighted by Gasteiger charge is 2.13. The smallest absolute Gasteiger partial charge is 0.0594 e. The molecule has 1 unspecified atom stereocenters. The molecule has 1 saturated heterocycles. The van der Waals surface area contributed by atoms with Crippen molar-refractivity contribution in [3.63, 3.8) is 0 Å². The third-order valence-electron chi connectivity index (χ3n) is 4.22. The highest BCUT2D eigenvalue weighted by molar-refractivity contribution is 5.33. The van der Waals surface area contributed by atoms with Gasteiger partial charge in [-0.3, -0.25) is 9.88 Å². The summed E-state index contributed by atoms with van der Waals surface area (Å²) in [6, 6.07) is 2.54. The van der Waals surface area contributed by atoms with Crippen LogP contribution in [0.15, 0.2) is 6.07 Å². The molecule has 0 bridgehead atoms. The van der Waals surface area contributed by atoms with Crippen LogP contribution in [-0.2, 0) is 4.74 Å². The van der Waals surface area contributed by atoms with Gasteiger partial charge in [-0.25, -0.2) is 0 Å². The van der Waals surface area contributed by atoms with Crippen molar-refractivity contribution in [3.8, 4) is 0 Å². The van der Waals surface area contributed by atoms with Crippen LogP contribution in [0.3, 0.4) is 0 Å². The van der Waals surface area contributed by atoms with Crippen LogP contribution in [0.2, 0.25) is 0 Å². The van der Waals surface area contributed by atoms with Gasteiger partial charge in [0.2, 0.25) is 0 Å². The number of aryl methyl sites for hydroxylation is 3. The first-order chi connectivity index (χ1) is 10.1. The lowest BCUT2D eigenvalue weighted by molar-refractivity contribution is 0.0374. The van der Waals surface area contributed by atoms with E-state index in [0.29, 0.717) is 6.04 Å². The number of nitrogens with zero attached hydrogens (tertiary/aromatic N) is 2. The molecule has 0 radical (unpaired) electrons.